The van der Waals surface area contributed by atoms with E-state index in [9.17, 15) is 15.0 Å². The number of carbonyl (C=O) groups is 1. The van der Waals surface area contributed by atoms with Crippen LogP contribution in [0.15, 0.2) is 48.5 Å². The zero-order chi connectivity index (χ0) is 23.6. The van der Waals surface area contributed by atoms with Crippen molar-refractivity contribution in [3.63, 3.8) is 0 Å². The van der Waals surface area contributed by atoms with E-state index in [1.807, 2.05) is 4.90 Å². The molecular formula is C28H38N2O3. The van der Waals surface area contributed by atoms with Gasteiger partial charge in [0.1, 0.15) is 5.75 Å². The molecule has 0 aromatic heterocycles. The molecule has 1 heterocycles. The van der Waals surface area contributed by atoms with E-state index in [0.717, 1.165) is 44.9 Å². The molecule has 2 aliphatic rings. The fraction of sp³-hybridized carbons (Fsp3) is 0.536. The first-order valence-electron chi connectivity index (χ1n) is 12.4. The summed E-state index contributed by atoms with van der Waals surface area (Å²) in [6.45, 7) is 5.35. The van der Waals surface area contributed by atoms with Crippen LogP contribution in [0.4, 0.5) is 0 Å². The van der Waals surface area contributed by atoms with Crippen LogP contribution in [0.3, 0.4) is 0 Å². The molecule has 5 heteroatoms. The quantitative estimate of drug-likeness (QED) is 0.607. The lowest BCUT2D eigenvalue weighted by Crippen LogP contribution is -2.52. The standard InChI is InChI=1S/C28H38N2O3/c1-27(2,29)19-21-8-3-6-13-25(21)20-14-16-30(17-15-20)26(32)28(33,22-9-4-5-10-22)23-11-7-12-24(31)18-23/h3,6-8,11-13,18,20,22,31,33H,4-5,9-10,14-17,19,29H2,1-2H3. The van der Waals surface area contributed by atoms with Crippen molar-refractivity contribution in [2.45, 2.75) is 75.9 Å². The lowest BCUT2D eigenvalue weighted by atomic mass is 9.77. The lowest BCUT2D eigenvalue weighted by molar-refractivity contribution is -0.160. The molecule has 1 amide bonds. The molecular weight excluding hydrogens is 412 g/mol. The molecule has 0 radical (unpaired) electrons. The number of hydrogen-bond acceptors (Lipinski definition) is 4. The third-order valence-electron chi connectivity index (χ3n) is 7.48. The minimum atomic E-state index is -1.58. The highest BCUT2D eigenvalue weighted by molar-refractivity contribution is 5.87. The number of phenols is 1. The number of aliphatic hydroxyl groups is 1. The van der Waals surface area contributed by atoms with Crippen molar-refractivity contribution >= 4 is 5.91 Å². The summed E-state index contributed by atoms with van der Waals surface area (Å²) in [5.74, 6) is 0.134. The predicted octanol–water partition coefficient (Wildman–Crippen LogP) is 4.46. The van der Waals surface area contributed by atoms with Crippen LogP contribution in [0.25, 0.3) is 0 Å². The number of nitrogens with two attached hydrogens (primary N) is 1. The summed E-state index contributed by atoms with van der Waals surface area (Å²) in [7, 11) is 0. The number of carbonyl (C=O) groups excluding carboxylic acids is 1. The van der Waals surface area contributed by atoms with Crippen molar-refractivity contribution in [3.05, 3.63) is 65.2 Å². The second kappa shape index (κ2) is 9.47. The van der Waals surface area contributed by atoms with Crippen molar-refractivity contribution in [1.29, 1.82) is 0 Å². The second-order valence-corrected chi connectivity index (χ2v) is 10.7. The molecule has 1 saturated heterocycles. The molecule has 1 saturated carbocycles. The summed E-state index contributed by atoms with van der Waals surface area (Å²) < 4.78 is 0. The number of phenolic OH excluding ortho intramolecular Hbond substituents is 1. The van der Waals surface area contributed by atoms with Gasteiger partial charge in [-0.3, -0.25) is 4.79 Å². The fourth-order valence-corrected chi connectivity index (χ4v) is 5.84. The molecule has 2 fully saturated rings. The zero-order valence-electron chi connectivity index (χ0n) is 20.0. The Balaban J connectivity index is 1.53. The summed E-state index contributed by atoms with van der Waals surface area (Å²) >= 11 is 0. The van der Waals surface area contributed by atoms with Crippen LogP contribution in [-0.2, 0) is 16.8 Å². The Kier molecular flexibility index (Phi) is 6.83. The monoisotopic (exact) mass is 450 g/mol. The largest absolute Gasteiger partial charge is 0.508 e. The molecule has 1 aliphatic carbocycles. The molecule has 178 valence electrons. The minimum absolute atomic E-state index is 0.0786. The molecule has 1 aliphatic heterocycles. The van der Waals surface area contributed by atoms with Crippen LogP contribution in [0.1, 0.15) is 75.0 Å². The Morgan fingerprint density at radius 3 is 2.33 bits per heavy atom. The first-order chi connectivity index (χ1) is 15.7. The number of likely N-dealkylation sites (tertiary alicyclic amines) is 1. The van der Waals surface area contributed by atoms with E-state index in [-0.39, 0.29) is 23.1 Å². The first-order valence-corrected chi connectivity index (χ1v) is 12.4. The summed E-state index contributed by atoms with van der Waals surface area (Å²) in [4.78, 5) is 15.6. The highest BCUT2D eigenvalue weighted by Crippen LogP contribution is 2.43. The fourth-order valence-electron chi connectivity index (χ4n) is 5.84. The average molecular weight is 451 g/mol. The summed E-state index contributed by atoms with van der Waals surface area (Å²) in [6, 6.07) is 15.1. The van der Waals surface area contributed by atoms with Crippen LogP contribution in [0.2, 0.25) is 0 Å². The van der Waals surface area contributed by atoms with Crippen molar-refractivity contribution in [2.24, 2.45) is 11.7 Å². The van der Waals surface area contributed by atoms with E-state index in [1.54, 1.807) is 24.3 Å². The molecule has 5 nitrogen and oxygen atoms in total. The van der Waals surface area contributed by atoms with Crippen molar-refractivity contribution < 1.29 is 15.0 Å². The Bertz CT molecular complexity index is 969. The zero-order valence-corrected chi connectivity index (χ0v) is 20.0. The van der Waals surface area contributed by atoms with E-state index in [2.05, 4.69) is 38.1 Å². The number of nitrogens with zero attached hydrogens (tertiary/aromatic N) is 1. The van der Waals surface area contributed by atoms with Gasteiger partial charge in [0.05, 0.1) is 0 Å². The van der Waals surface area contributed by atoms with Gasteiger partial charge in [0.15, 0.2) is 5.60 Å². The van der Waals surface area contributed by atoms with Crippen LogP contribution in [0.5, 0.6) is 5.75 Å². The van der Waals surface area contributed by atoms with Gasteiger partial charge in [-0.2, -0.15) is 0 Å². The smallest absolute Gasteiger partial charge is 0.259 e. The van der Waals surface area contributed by atoms with E-state index in [4.69, 9.17) is 5.73 Å². The topological polar surface area (TPSA) is 86.8 Å². The SMILES string of the molecule is CC(C)(N)Cc1ccccc1C1CCN(C(=O)C(O)(c2cccc(O)c2)C2CCCC2)CC1. The van der Waals surface area contributed by atoms with Crippen LogP contribution >= 0.6 is 0 Å². The summed E-state index contributed by atoms with van der Waals surface area (Å²) in [6.07, 6.45) is 6.27. The second-order valence-electron chi connectivity index (χ2n) is 10.7. The molecule has 0 bridgehead atoms. The first kappa shape index (κ1) is 23.8. The van der Waals surface area contributed by atoms with Gasteiger partial charge in [0.25, 0.3) is 5.91 Å². The van der Waals surface area contributed by atoms with Gasteiger partial charge in [0.2, 0.25) is 0 Å². The van der Waals surface area contributed by atoms with Crippen LogP contribution in [0, 0.1) is 5.92 Å². The van der Waals surface area contributed by atoms with E-state index in [1.165, 1.54) is 11.1 Å². The van der Waals surface area contributed by atoms with E-state index < -0.39 is 5.60 Å². The van der Waals surface area contributed by atoms with Gasteiger partial charge in [-0.25, -0.2) is 0 Å². The number of aromatic hydroxyl groups is 1. The maximum Gasteiger partial charge on any atom is 0.259 e. The molecule has 2 aromatic carbocycles. The molecule has 1 atom stereocenters. The van der Waals surface area contributed by atoms with Gasteiger partial charge < -0.3 is 20.8 Å². The van der Waals surface area contributed by atoms with Crippen molar-refractivity contribution in [2.75, 3.05) is 13.1 Å². The number of piperidine rings is 1. The summed E-state index contributed by atoms with van der Waals surface area (Å²) in [5, 5.41) is 21.9. The molecule has 4 rings (SSSR count). The number of hydrogen-bond donors (Lipinski definition) is 3. The van der Waals surface area contributed by atoms with Gasteiger partial charge >= 0.3 is 0 Å². The van der Waals surface area contributed by atoms with Crippen LogP contribution < -0.4 is 5.73 Å². The molecule has 0 spiro atoms. The lowest BCUT2D eigenvalue weighted by Gasteiger charge is -2.41. The van der Waals surface area contributed by atoms with E-state index >= 15 is 0 Å². The van der Waals surface area contributed by atoms with Crippen LogP contribution in [-0.4, -0.2) is 39.6 Å². The Morgan fingerprint density at radius 1 is 1.03 bits per heavy atom. The molecule has 33 heavy (non-hydrogen) atoms. The Labute approximate surface area is 197 Å². The third-order valence-corrected chi connectivity index (χ3v) is 7.48. The molecule has 4 N–H and O–H groups in total. The highest BCUT2D eigenvalue weighted by atomic mass is 16.3. The molecule has 1 unspecified atom stereocenters. The average Bonchev–Trinajstić information content (AvgIpc) is 3.33. The Morgan fingerprint density at radius 2 is 1.70 bits per heavy atom. The minimum Gasteiger partial charge on any atom is -0.508 e. The third kappa shape index (κ3) is 5.10. The maximum absolute atomic E-state index is 13.8. The van der Waals surface area contributed by atoms with Gasteiger partial charge in [-0.1, -0.05) is 49.2 Å². The highest BCUT2D eigenvalue weighted by Gasteiger charge is 2.49. The van der Waals surface area contributed by atoms with Gasteiger partial charge in [-0.15, -0.1) is 0 Å². The number of rotatable bonds is 6. The number of benzene rings is 2. The maximum atomic E-state index is 13.8. The van der Waals surface area contributed by atoms with Gasteiger partial charge in [0, 0.05) is 24.5 Å². The van der Waals surface area contributed by atoms with Gasteiger partial charge in [-0.05, 0) is 80.7 Å². The predicted molar refractivity (Wildman–Crippen MR) is 131 cm³/mol. The number of amides is 1. The van der Waals surface area contributed by atoms with Crippen molar-refractivity contribution in [3.8, 4) is 5.75 Å². The summed E-state index contributed by atoms with van der Waals surface area (Å²) in [5.41, 5.74) is 7.59. The van der Waals surface area contributed by atoms with Crippen molar-refractivity contribution in [1.82, 2.24) is 4.90 Å². The van der Waals surface area contributed by atoms with E-state index in [0.29, 0.717) is 24.6 Å². The molecule has 2 aromatic rings. The Hall–Kier alpha value is -2.37. The normalized spacial score (nSPS) is 20.1.